The first kappa shape index (κ1) is 11.5. The van der Waals surface area contributed by atoms with E-state index in [1.807, 2.05) is 0 Å². The number of fused-ring (bicyclic) bond motifs is 1. The number of aromatic nitrogens is 2. The molecule has 7 heteroatoms. The Morgan fingerprint density at radius 1 is 1.53 bits per heavy atom. The summed E-state index contributed by atoms with van der Waals surface area (Å²) in [5.74, 6) is -2.01. The standard InChI is InChI=1S/C10H6ClFN2O3/c11-10-13-6-3-1-2-5(12)8(6)9(17)14(10)4-7(15)16/h1-3H,4H2,(H,15,16). The monoisotopic (exact) mass is 256 g/mol. The molecule has 0 amide bonds. The number of carboxylic acids is 1. The van der Waals surface area contributed by atoms with E-state index < -0.39 is 23.9 Å². The van der Waals surface area contributed by atoms with Crippen molar-refractivity contribution >= 4 is 28.5 Å². The zero-order chi connectivity index (χ0) is 12.6. The number of benzene rings is 1. The summed E-state index contributed by atoms with van der Waals surface area (Å²) in [5.41, 5.74) is -0.706. The average Bonchev–Trinajstić information content (AvgIpc) is 2.23. The normalized spacial score (nSPS) is 10.7. The Morgan fingerprint density at radius 3 is 2.88 bits per heavy atom. The number of carboxylic acid groups (broad SMARTS) is 1. The van der Waals surface area contributed by atoms with Crippen LogP contribution in [0.4, 0.5) is 4.39 Å². The van der Waals surface area contributed by atoms with Gasteiger partial charge in [-0.3, -0.25) is 14.2 Å². The lowest BCUT2D eigenvalue weighted by Crippen LogP contribution is -2.26. The summed E-state index contributed by atoms with van der Waals surface area (Å²) >= 11 is 5.67. The van der Waals surface area contributed by atoms with Gasteiger partial charge in [0.25, 0.3) is 5.56 Å². The molecule has 1 N–H and O–H groups in total. The van der Waals surface area contributed by atoms with E-state index in [1.165, 1.54) is 12.1 Å². The van der Waals surface area contributed by atoms with Crippen molar-refractivity contribution in [2.75, 3.05) is 0 Å². The molecule has 0 bridgehead atoms. The Labute approximate surface area is 99.1 Å². The van der Waals surface area contributed by atoms with Crippen LogP contribution >= 0.6 is 11.6 Å². The molecule has 0 saturated heterocycles. The average molecular weight is 257 g/mol. The van der Waals surface area contributed by atoms with Crippen molar-refractivity contribution in [1.29, 1.82) is 0 Å². The minimum atomic E-state index is -1.26. The molecule has 2 aromatic rings. The second-order valence-corrected chi connectivity index (χ2v) is 3.64. The van der Waals surface area contributed by atoms with E-state index in [2.05, 4.69) is 4.98 Å². The molecule has 0 atom stereocenters. The Balaban J connectivity index is 2.83. The molecule has 0 aliphatic carbocycles. The molecule has 17 heavy (non-hydrogen) atoms. The van der Waals surface area contributed by atoms with Crippen molar-refractivity contribution < 1.29 is 14.3 Å². The van der Waals surface area contributed by atoms with Gasteiger partial charge < -0.3 is 5.11 Å². The van der Waals surface area contributed by atoms with Crippen molar-refractivity contribution in [3.8, 4) is 0 Å². The molecule has 5 nitrogen and oxygen atoms in total. The number of hydrogen-bond acceptors (Lipinski definition) is 3. The Kier molecular flexibility index (Phi) is 2.81. The summed E-state index contributed by atoms with van der Waals surface area (Å²) in [5, 5.41) is 8.07. The highest BCUT2D eigenvalue weighted by Gasteiger charge is 2.14. The number of carbonyl (C=O) groups is 1. The number of rotatable bonds is 2. The predicted molar refractivity (Wildman–Crippen MR) is 58.6 cm³/mol. The highest BCUT2D eigenvalue weighted by molar-refractivity contribution is 6.28. The Bertz CT molecular complexity index is 668. The van der Waals surface area contributed by atoms with Gasteiger partial charge in [-0.25, -0.2) is 9.37 Å². The molecule has 88 valence electrons. The number of nitrogens with zero attached hydrogens (tertiary/aromatic N) is 2. The molecule has 0 saturated carbocycles. The van der Waals surface area contributed by atoms with Crippen molar-refractivity contribution in [2.45, 2.75) is 6.54 Å². The van der Waals surface area contributed by atoms with Gasteiger partial charge >= 0.3 is 5.97 Å². The van der Waals surface area contributed by atoms with Gasteiger partial charge in [0.1, 0.15) is 17.7 Å². The van der Waals surface area contributed by atoms with E-state index in [4.69, 9.17) is 16.7 Å². The maximum atomic E-state index is 13.5. The van der Waals surface area contributed by atoms with Crippen LogP contribution in [-0.4, -0.2) is 20.6 Å². The summed E-state index contributed by atoms with van der Waals surface area (Å²) in [6.45, 7) is -0.658. The fraction of sp³-hybridized carbons (Fsp3) is 0.100. The summed E-state index contributed by atoms with van der Waals surface area (Å²) in [4.78, 5) is 26.2. The molecule has 1 aromatic heterocycles. The van der Waals surface area contributed by atoms with E-state index in [-0.39, 0.29) is 16.2 Å². The van der Waals surface area contributed by atoms with E-state index in [0.29, 0.717) is 4.57 Å². The first-order chi connectivity index (χ1) is 8.00. The maximum Gasteiger partial charge on any atom is 0.323 e. The van der Waals surface area contributed by atoms with E-state index in [9.17, 15) is 14.0 Å². The minimum Gasteiger partial charge on any atom is -0.480 e. The van der Waals surface area contributed by atoms with Crippen molar-refractivity contribution in [1.82, 2.24) is 9.55 Å². The van der Waals surface area contributed by atoms with Crippen molar-refractivity contribution in [3.63, 3.8) is 0 Å². The van der Waals surface area contributed by atoms with Crippen LogP contribution in [0.5, 0.6) is 0 Å². The smallest absolute Gasteiger partial charge is 0.323 e. The van der Waals surface area contributed by atoms with Crippen LogP contribution in [0, 0.1) is 5.82 Å². The molecular formula is C10H6ClFN2O3. The van der Waals surface area contributed by atoms with Crippen LogP contribution in [0.15, 0.2) is 23.0 Å². The van der Waals surface area contributed by atoms with E-state index in [1.54, 1.807) is 0 Å². The lowest BCUT2D eigenvalue weighted by molar-refractivity contribution is -0.137. The summed E-state index contributed by atoms with van der Waals surface area (Å²) < 4.78 is 14.2. The molecule has 0 unspecified atom stereocenters. The number of halogens is 2. The minimum absolute atomic E-state index is 0.0987. The fourth-order valence-corrected chi connectivity index (χ4v) is 1.70. The predicted octanol–water partition coefficient (Wildman–Crippen LogP) is 1.27. The molecule has 0 spiro atoms. The van der Waals surface area contributed by atoms with Crippen LogP contribution in [-0.2, 0) is 11.3 Å². The topological polar surface area (TPSA) is 72.2 Å². The van der Waals surface area contributed by atoms with Gasteiger partial charge in [0.2, 0.25) is 5.28 Å². The van der Waals surface area contributed by atoms with Gasteiger partial charge in [-0.1, -0.05) is 6.07 Å². The highest BCUT2D eigenvalue weighted by atomic mass is 35.5. The van der Waals surface area contributed by atoms with Crippen molar-refractivity contribution in [3.05, 3.63) is 39.7 Å². The molecule has 2 rings (SSSR count). The zero-order valence-corrected chi connectivity index (χ0v) is 9.11. The third-order valence-corrected chi connectivity index (χ3v) is 2.47. The van der Waals surface area contributed by atoms with Crippen LogP contribution in [0.3, 0.4) is 0 Å². The third-order valence-electron chi connectivity index (χ3n) is 2.18. The largest absolute Gasteiger partial charge is 0.480 e. The molecule has 0 radical (unpaired) electrons. The second-order valence-electron chi connectivity index (χ2n) is 3.30. The SMILES string of the molecule is O=C(O)Cn1c(Cl)nc2cccc(F)c2c1=O. The van der Waals surface area contributed by atoms with Crippen LogP contribution in [0.1, 0.15) is 0 Å². The summed E-state index contributed by atoms with van der Waals surface area (Å²) in [6, 6.07) is 3.92. The van der Waals surface area contributed by atoms with E-state index >= 15 is 0 Å². The van der Waals surface area contributed by atoms with Crippen LogP contribution in [0.2, 0.25) is 5.28 Å². The first-order valence-electron chi connectivity index (χ1n) is 4.57. The maximum absolute atomic E-state index is 13.5. The van der Waals surface area contributed by atoms with E-state index in [0.717, 1.165) is 6.07 Å². The van der Waals surface area contributed by atoms with Gasteiger partial charge in [-0.2, -0.15) is 0 Å². The number of aliphatic carboxylic acids is 1. The quantitative estimate of drug-likeness (QED) is 0.822. The van der Waals surface area contributed by atoms with Crippen LogP contribution in [0.25, 0.3) is 10.9 Å². The van der Waals surface area contributed by atoms with Gasteiger partial charge in [-0.05, 0) is 23.7 Å². The molecule has 0 aliphatic heterocycles. The van der Waals surface area contributed by atoms with Gasteiger partial charge in [0, 0.05) is 0 Å². The summed E-state index contributed by atoms with van der Waals surface area (Å²) in [6.07, 6.45) is 0. The molecular weight excluding hydrogens is 251 g/mol. The van der Waals surface area contributed by atoms with Gasteiger partial charge in [0.15, 0.2) is 0 Å². The van der Waals surface area contributed by atoms with Crippen LogP contribution < -0.4 is 5.56 Å². The Morgan fingerprint density at radius 2 is 2.24 bits per heavy atom. The molecule has 1 aromatic carbocycles. The Hall–Kier alpha value is -1.95. The number of hydrogen-bond donors (Lipinski definition) is 1. The van der Waals surface area contributed by atoms with Gasteiger partial charge in [-0.15, -0.1) is 0 Å². The molecule has 0 fully saturated rings. The first-order valence-corrected chi connectivity index (χ1v) is 4.95. The summed E-state index contributed by atoms with van der Waals surface area (Å²) in [7, 11) is 0. The zero-order valence-electron chi connectivity index (χ0n) is 8.35. The van der Waals surface area contributed by atoms with Crippen molar-refractivity contribution in [2.24, 2.45) is 0 Å². The second kappa shape index (κ2) is 4.14. The highest BCUT2D eigenvalue weighted by Crippen LogP contribution is 2.14. The molecule has 0 aliphatic rings. The lowest BCUT2D eigenvalue weighted by atomic mass is 10.2. The third kappa shape index (κ3) is 1.99. The lowest BCUT2D eigenvalue weighted by Gasteiger charge is -2.06. The fourth-order valence-electron chi connectivity index (χ4n) is 1.47. The molecule has 1 heterocycles. The van der Waals surface area contributed by atoms with Gasteiger partial charge in [0.05, 0.1) is 5.52 Å².